The summed E-state index contributed by atoms with van der Waals surface area (Å²) in [6.07, 6.45) is 0. The van der Waals surface area contributed by atoms with Crippen LogP contribution in [-0.4, -0.2) is 20.1 Å². The summed E-state index contributed by atoms with van der Waals surface area (Å²) in [7, 11) is -3.62. The van der Waals surface area contributed by atoms with E-state index in [9.17, 15) is 13.2 Å². The Morgan fingerprint density at radius 1 is 0.957 bits per heavy atom. The summed E-state index contributed by atoms with van der Waals surface area (Å²) in [5, 5.41) is 2.63. The van der Waals surface area contributed by atoms with E-state index in [0.29, 0.717) is 5.69 Å². The number of carbonyl (C=O) groups excluding carboxylic acids is 1. The number of benzene rings is 2. The van der Waals surface area contributed by atoms with Crippen molar-refractivity contribution in [1.29, 1.82) is 0 Å². The van der Waals surface area contributed by atoms with Crippen molar-refractivity contribution in [2.24, 2.45) is 0 Å². The minimum absolute atomic E-state index is 0.0270. The highest BCUT2D eigenvalue weighted by Gasteiger charge is 2.19. The average Bonchev–Trinajstić information content (AvgIpc) is 2.47. The lowest BCUT2D eigenvalue weighted by molar-refractivity contribution is -0.113. The summed E-state index contributed by atoms with van der Waals surface area (Å²) in [5.74, 6) is -1.12. The number of carbonyl (C=O) groups is 1. The van der Waals surface area contributed by atoms with Crippen molar-refractivity contribution in [1.82, 2.24) is 0 Å². The molecule has 0 aliphatic carbocycles. The van der Waals surface area contributed by atoms with E-state index >= 15 is 0 Å². The zero-order chi connectivity index (χ0) is 17.1. The Hall–Kier alpha value is -2.14. The molecule has 0 atom stereocenters. The highest BCUT2D eigenvalue weighted by atomic mass is 32.2. The molecular formula is C18H21NO3S. The molecule has 0 aliphatic heterocycles. The molecule has 1 amide bonds. The molecule has 122 valence electrons. The van der Waals surface area contributed by atoms with Gasteiger partial charge in [-0.2, -0.15) is 0 Å². The van der Waals surface area contributed by atoms with E-state index < -0.39 is 21.5 Å². The fraction of sp³-hybridized carbons (Fsp3) is 0.278. The molecule has 0 aliphatic rings. The van der Waals surface area contributed by atoms with Gasteiger partial charge < -0.3 is 5.32 Å². The maximum Gasteiger partial charge on any atom is 0.239 e. The molecule has 2 rings (SSSR count). The Labute approximate surface area is 137 Å². The van der Waals surface area contributed by atoms with Gasteiger partial charge in [0.25, 0.3) is 0 Å². The van der Waals surface area contributed by atoms with Crippen LogP contribution in [0.2, 0.25) is 0 Å². The van der Waals surface area contributed by atoms with E-state index in [2.05, 4.69) is 26.1 Å². The fourth-order valence-corrected chi connectivity index (χ4v) is 3.29. The predicted molar refractivity (Wildman–Crippen MR) is 92.3 cm³/mol. The van der Waals surface area contributed by atoms with E-state index in [4.69, 9.17) is 0 Å². The zero-order valence-electron chi connectivity index (χ0n) is 13.5. The number of anilines is 1. The lowest BCUT2D eigenvalue weighted by atomic mass is 9.87. The molecule has 0 bridgehead atoms. The van der Waals surface area contributed by atoms with Gasteiger partial charge in [0.15, 0.2) is 9.84 Å². The first-order valence-electron chi connectivity index (χ1n) is 7.37. The van der Waals surface area contributed by atoms with E-state index in [0.717, 1.165) is 5.56 Å². The van der Waals surface area contributed by atoms with Crippen LogP contribution in [0.1, 0.15) is 26.3 Å². The Morgan fingerprint density at radius 2 is 1.52 bits per heavy atom. The van der Waals surface area contributed by atoms with Gasteiger partial charge in [-0.25, -0.2) is 8.42 Å². The average molecular weight is 331 g/mol. The van der Waals surface area contributed by atoms with Crippen molar-refractivity contribution in [2.75, 3.05) is 11.1 Å². The summed E-state index contributed by atoms with van der Waals surface area (Å²) in [4.78, 5) is 12.1. The van der Waals surface area contributed by atoms with Crippen LogP contribution in [-0.2, 0) is 20.0 Å². The van der Waals surface area contributed by atoms with Crippen LogP contribution in [0, 0.1) is 0 Å². The third kappa shape index (κ3) is 4.66. The van der Waals surface area contributed by atoms with E-state index in [1.54, 1.807) is 30.3 Å². The molecule has 23 heavy (non-hydrogen) atoms. The second-order valence-corrected chi connectivity index (χ2v) is 8.44. The standard InChI is InChI=1S/C18H21NO3S/c1-18(2,3)14-9-11-15(12-10-14)19-17(20)13-23(21,22)16-7-5-4-6-8-16/h4-12H,13H2,1-3H3,(H,19,20). The first-order valence-corrected chi connectivity index (χ1v) is 9.02. The molecular weight excluding hydrogens is 310 g/mol. The minimum Gasteiger partial charge on any atom is -0.325 e. The monoisotopic (exact) mass is 331 g/mol. The number of rotatable bonds is 4. The molecule has 5 heteroatoms. The van der Waals surface area contributed by atoms with Gasteiger partial charge >= 0.3 is 0 Å². The Balaban J connectivity index is 2.05. The molecule has 1 N–H and O–H groups in total. The molecule has 0 spiro atoms. The third-order valence-electron chi connectivity index (χ3n) is 3.46. The van der Waals surface area contributed by atoms with Crippen LogP contribution in [0.3, 0.4) is 0 Å². The quantitative estimate of drug-likeness (QED) is 0.934. The molecule has 0 unspecified atom stereocenters. The zero-order valence-corrected chi connectivity index (χ0v) is 14.4. The first kappa shape index (κ1) is 17.2. The number of hydrogen-bond acceptors (Lipinski definition) is 3. The predicted octanol–water partition coefficient (Wildman–Crippen LogP) is 3.40. The van der Waals surface area contributed by atoms with Crippen molar-refractivity contribution >= 4 is 21.4 Å². The van der Waals surface area contributed by atoms with Gasteiger partial charge in [0, 0.05) is 5.69 Å². The molecule has 0 saturated heterocycles. The summed E-state index contributed by atoms with van der Waals surface area (Å²) >= 11 is 0. The lowest BCUT2D eigenvalue weighted by Gasteiger charge is -2.19. The largest absolute Gasteiger partial charge is 0.325 e. The first-order chi connectivity index (χ1) is 10.7. The van der Waals surface area contributed by atoms with E-state index in [1.165, 1.54) is 12.1 Å². The molecule has 0 radical (unpaired) electrons. The van der Waals surface area contributed by atoms with E-state index in [1.807, 2.05) is 12.1 Å². The topological polar surface area (TPSA) is 63.2 Å². The maximum absolute atomic E-state index is 12.2. The highest BCUT2D eigenvalue weighted by molar-refractivity contribution is 7.92. The van der Waals surface area contributed by atoms with Crippen molar-refractivity contribution in [2.45, 2.75) is 31.1 Å². The van der Waals surface area contributed by atoms with Gasteiger partial charge in [0.1, 0.15) is 5.75 Å². The van der Waals surface area contributed by atoms with Gasteiger partial charge in [-0.3, -0.25) is 4.79 Å². The van der Waals surface area contributed by atoms with Gasteiger partial charge in [-0.1, -0.05) is 51.1 Å². The minimum atomic E-state index is -3.62. The number of nitrogens with one attached hydrogen (secondary N) is 1. The molecule has 4 nitrogen and oxygen atoms in total. The van der Waals surface area contributed by atoms with E-state index in [-0.39, 0.29) is 10.3 Å². The third-order valence-corrected chi connectivity index (χ3v) is 5.09. The summed E-state index contributed by atoms with van der Waals surface area (Å²) in [5.41, 5.74) is 1.76. The second kappa shape index (κ2) is 6.54. The van der Waals surface area contributed by atoms with Crippen LogP contribution < -0.4 is 5.32 Å². The van der Waals surface area contributed by atoms with Gasteiger partial charge in [-0.15, -0.1) is 0 Å². The second-order valence-electron chi connectivity index (χ2n) is 6.45. The summed E-state index contributed by atoms with van der Waals surface area (Å²) < 4.78 is 24.3. The van der Waals surface area contributed by atoms with Crippen molar-refractivity contribution in [3.05, 3.63) is 60.2 Å². The fourth-order valence-electron chi connectivity index (χ4n) is 2.13. The Bertz CT molecular complexity index is 773. The van der Waals surface area contributed by atoms with Crippen LogP contribution >= 0.6 is 0 Å². The Morgan fingerprint density at radius 3 is 2.04 bits per heavy atom. The smallest absolute Gasteiger partial charge is 0.239 e. The van der Waals surface area contributed by atoms with Crippen molar-refractivity contribution in [3.8, 4) is 0 Å². The van der Waals surface area contributed by atoms with Crippen LogP contribution in [0.15, 0.2) is 59.5 Å². The highest BCUT2D eigenvalue weighted by Crippen LogP contribution is 2.23. The molecule has 0 aromatic heterocycles. The normalized spacial score (nSPS) is 12.0. The molecule has 0 heterocycles. The van der Waals surface area contributed by atoms with Gasteiger partial charge in [0.05, 0.1) is 4.90 Å². The molecule has 0 saturated carbocycles. The maximum atomic E-state index is 12.2. The Kier molecular flexibility index (Phi) is 4.90. The van der Waals surface area contributed by atoms with Gasteiger partial charge in [0.2, 0.25) is 5.91 Å². The lowest BCUT2D eigenvalue weighted by Crippen LogP contribution is -2.23. The summed E-state index contributed by atoms with van der Waals surface area (Å²) in [6, 6.07) is 15.4. The van der Waals surface area contributed by atoms with Crippen LogP contribution in [0.4, 0.5) is 5.69 Å². The number of amides is 1. The molecule has 2 aromatic rings. The van der Waals surface area contributed by atoms with Crippen molar-refractivity contribution < 1.29 is 13.2 Å². The van der Waals surface area contributed by atoms with Crippen LogP contribution in [0.5, 0.6) is 0 Å². The SMILES string of the molecule is CC(C)(C)c1ccc(NC(=O)CS(=O)(=O)c2ccccc2)cc1. The van der Waals surface area contributed by atoms with Crippen LogP contribution in [0.25, 0.3) is 0 Å². The van der Waals surface area contributed by atoms with Gasteiger partial charge in [-0.05, 0) is 35.2 Å². The number of sulfone groups is 1. The number of hydrogen-bond donors (Lipinski definition) is 1. The summed E-state index contributed by atoms with van der Waals surface area (Å²) in [6.45, 7) is 6.31. The molecule has 0 fully saturated rings. The molecule has 2 aromatic carbocycles. The van der Waals surface area contributed by atoms with Crippen molar-refractivity contribution in [3.63, 3.8) is 0 Å².